The number of thiophene rings is 1. The Kier molecular flexibility index (Phi) is 5.93. The SMILES string of the molecule is CC(=O)OCc1c(B2OC(C)(C)C(C)(C)O2)cc(F)cc1N1CCc2c(sc3c2CC(C)(C)C3)C1=O. The molecule has 3 heterocycles. The van der Waals surface area contributed by atoms with Gasteiger partial charge in [0, 0.05) is 23.9 Å². The largest absolute Gasteiger partial charge is 0.495 e. The molecule has 6 nitrogen and oxygen atoms in total. The Balaban J connectivity index is 1.56. The monoisotopic (exact) mass is 513 g/mol. The van der Waals surface area contributed by atoms with Crippen molar-refractivity contribution in [2.45, 2.75) is 85.5 Å². The maximum absolute atomic E-state index is 15.1. The molecule has 1 aliphatic carbocycles. The van der Waals surface area contributed by atoms with E-state index in [0.29, 0.717) is 29.7 Å². The summed E-state index contributed by atoms with van der Waals surface area (Å²) in [4.78, 5) is 29.1. The molecule has 0 saturated carbocycles. The number of fused-ring (bicyclic) bond motifs is 3. The fourth-order valence-corrected chi connectivity index (χ4v) is 6.96. The van der Waals surface area contributed by atoms with Crippen molar-refractivity contribution in [2.24, 2.45) is 5.41 Å². The predicted molar refractivity (Wildman–Crippen MR) is 138 cm³/mol. The van der Waals surface area contributed by atoms with Gasteiger partial charge in [0.15, 0.2) is 0 Å². The summed E-state index contributed by atoms with van der Waals surface area (Å²) in [5, 5.41) is 0. The lowest BCUT2D eigenvalue weighted by Crippen LogP contribution is -2.42. The Labute approximate surface area is 216 Å². The van der Waals surface area contributed by atoms with Gasteiger partial charge >= 0.3 is 13.1 Å². The molecule has 2 aliphatic heterocycles. The number of halogens is 1. The summed E-state index contributed by atoms with van der Waals surface area (Å²) in [6.07, 6.45) is 2.65. The van der Waals surface area contributed by atoms with Crippen molar-refractivity contribution in [3.8, 4) is 0 Å². The van der Waals surface area contributed by atoms with E-state index in [4.69, 9.17) is 14.0 Å². The van der Waals surface area contributed by atoms with Crippen molar-refractivity contribution in [2.75, 3.05) is 11.4 Å². The molecule has 0 bridgehead atoms. The third-order valence-electron chi connectivity index (χ3n) is 7.96. The highest BCUT2D eigenvalue weighted by molar-refractivity contribution is 7.14. The molecule has 0 radical (unpaired) electrons. The van der Waals surface area contributed by atoms with Crippen molar-refractivity contribution in [1.29, 1.82) is 0 Å². The molecule has 1 fully saturated rings. The average molecular weight is 513 g/mol. The van der Waals surface area contributed by atoms with Crippen LogP contribution in [0.1, 0.15) is 79.7 Å². The van der Waals surface area contributed by atoms with Crippen LogP contribution in [-0.2, 0) is 44.7 Å². The van der Waals surface area contributed by atoms with Gasteiger partial charge in [-0.05, 0) is 81.1 Å². The minimum absolute atomic E-state index is 0.115. The van der Waals surface area contributed by atoms with Crippen molar-refractivity contribution < 1.29 is 28.0 Å². The second-order valence-corrected chi connectivity index (χ2v) is 13.0. The highest BCUT2D eigenvalue weighted by atomic mass is 32.1. The third-order valence-corrected chi connectivity index (χ3v) is 9.23. The van der Waals surface area contributed by atoms with Crippen molar-refractivity contribution in [3.05, 3.63) is 44.4 Å². The number of rotatable bonds is 4. The van der Waals surface area contributed by atoms with Crippen LogP contribution < -0.4 is 10.4 Å². The fourth-order valence-electron chi connectivity index (χ4n) is 5.39. The summed E-state index contributed by atoms with van der Waals surface area (Å²) in [6, 6.07) is 2.70. The first-order valence-electron chi connectivity index (χ1n) is 12.5. The maximum Gasteiger partial charge on any atom is 0.495 e. The van der Waals surface area contributed by atoms with Crippen molar-refractivity contribution >= 4 is 41.5 Å². The van der Waals surface area contributed by atoms with E-state index in [1.807, 2.05) is 27.7 Å². The molecule has 3 aliphatic rings. The van der Waals surface area contributed by atoms with Crippen LogP contribution in [0.2, 0.25) is 0 Å². The van der Waals surface area contributed by atoms with Crippen molar-refractivity contribution in [1.82, 2.24) is 0 Å². The maximum atomic E-state index is 15.1. The van der Waals surface area contributed by atoms with E-state index < -0.39 is 30.1 Å². The smallest absolute Gasteiger partial charge is 0.461 e. The van der Waals surface area contributed by atoms with Crippen LogP contribution in [0.15, 0.2) is 12.1 Å². The van der Waals surface area contributed by atoms with Gasteiger partial charge in [0.1, 0.15) is 12.4 Å². The average Bonchev–Trinajstić information content (AvgIpc) is 3.31. The molecular weight excluding hydrogens is 480 g/mol. The third kappa shape index (κ3) is 4.19. The number of hydrogen-bond acceptors (Lipinski definition) is 6. The summed E-state index contributed by atoms with van der Waals surface area (Å²) in [5.41, 5.74) is 2.76. The van der Waals surface area contributed by atoms with Crippen LogP contribution in [0.5, 0.6) is 0 Å². The number of amides is 1. The number of hydrogen-bond donors (Lipinski definition) is 0. The van der Waals surface area contributed by atoms with Crippen LogP contribution in [0.4, 0.5) is 10.1 Å². The number of esters is 1. The molecule has 0 spiro atoms. The van der Waals surface area contributed by atoms with Gasteiger partial charge in [-0.3, -0.25) is 9.59 Å². The highest BCUT2D eigenvalue weighted by Crippen LogP contribution is 2.46. The second-order valence-electron chi connectivity index (χ2n) is 11.9. The molecule has 5 rings (SSSR count). The lowest BCUT2D eigenvalue weighted by molar-refractivity contribution is -0.142. The number of nitrogens with zero attached hydrogens (tertiary/aromatic N) is 1. The standard InChI is InChI=1S/C27H33BFNO5S/c1-15(31)33-14-19-20(28-34-26(4,5)27(6,7)35-28)10-16(29)11-21(19)30-9-8-17-18-12-25(2,3)13-22(18)36-23(17)24(30)32/h10-11H,8-9,12-14H2,1-7H3. The Hall–Kier alpha value is -2.23. The molecule has 0 N–H and O–H groups in total. The number of carbonyl (C=O) groups excluding carboxylic acids is 2. The van der Waals surface area contributed by atoms with Gasteiger partial charge in [-0.25, -0.2) is 4.39 Å². The Morgan fingerprint density at radius 3 is 2.42 bits per heavy atom. The molecule has 36 heavy (non-hydrogen) atoms. The number of anilines is 1. The van der Waals surface area contributed by atoms with Gasteiger partial charge in [0.05, 0.1) is 21.8 Å². The van der Waals surface area contributed by atoms with E-state index in [-0.39, 0.29) is 17.9 Å². The predicted octanol–water partition coefficient (Wildman–Crippen LogP) is 4.58. The summed E-state index contributed by atoms with van der Waals surface area (Å²) < 4.78 is 32.9. The van der Waals surface area contributed by atoms with E-state index in [0.717, 1.165) is 23.3 Å². The zero-order chi connectivity index (χ0) is 26.2. The van der Waals surface area contributed by atoms with Crippen LogP contribution in [0, 0.1) is 11.2 Å². The van der Waals surface area contributed by atoms with Crippen LogP contribution in [-0.4, -0.2) is 36.7 Å². The molecule has 1 saturated heterocycles. The lowest BCUT2D eigenvalue weighted by Gasteiger charge is -2.32. The first-order valence-corrected chi connectivity index (χ1v) is 13.3. The second kappa shape index (κ2) is 8.40. The Morgan fingerprint density at radius 2 is 1.78 bits per heavy atom. The first kappa shape index (κ1) is 25.4. The molecule has 1 amide bonds. The van der Waals surface area contributed by atoms with E-state index >= 15 is 4.39 Å². The molecule has 2 aromatic rings. The molecule has 0 unspecified atom stereocenters. The zero-order valence-electron chi connectivity index (χ0n) is 22.0. The van der Waals surface area contributed by atoms with Crippen molar-refractivity contribution in [3.63, 3.8) is 0 Å². The Morgan fingerprint density at radius 1 is 1.11 bits per heavy atom. The van der Waals surface area contributed by atoms with E-state index in [2.05, 4.69) is 13.8 Å². The molecule has 192 valence electrons. The van der Waals surface area contributed by atoms with E-state index in [1.165, 1.54) is 29.5 Å². The van der Waals surface area contributed by atoms with Gasteiger partial charge in [0.2, 0.25) is 0 Å². The van der Waals surface area contributed by atoms with Gasteiger partial charge in [0.25, 0.3) is 5.91 Å². The summed E-state index contributed by atoms with van der Waals surface area (Å²) >= 11 is 1.57. The van der Waals surface area contributed by atoms with Crippen LogP contribution >= 0.6 is 11.3 Å². The Bertz CT molecular complexity index is 1250. The normalized spacial score (nSPS) is 21.5. The van der Waals surface area contributed by atoms with Gasteiger partial charge < -0.3 is 18.9 Å². The molecular formula is C27H33BFNO5S. The number of benzene rings is 1. The van der Waals surface area contributed by atoms with Crippen LogP contribution in [0.25, 0.3) is 0 Å². The molecule has 1 aromatic carbocycles. The quantitative estimate of drug-likeness (QED) is 0.443. The minimum atomic E-state index is -0.863. The lowest BCUT2D eigenvalue weighted by atomic mass is 9.75. The first-order chi connectivity index (χ1) is 16.7. The van der Waals surface area contributed by atoms with E-state index in [1.54, 1.807) is 16.2 Å². The molecule has 0 atom stereocenters. The minimum Gasteiger partial charge on any atom is -0.461 e. The highest BCUT2D eigenvalue weighted by Gasteiger charge is 2.53. The summed E-state index contributed by atoms with van der Waals surface area (Å²) in [7, 11) is -0.863. The fraction of sp³-hybridized carbons (Fsp3) is 0.556. The zero-order valence-corrected chi connectivity index (χ0v) is 22.9. The topological polar surface area (TPSA) is 65.1 Å². The number of ether oxygens (including phenoxy) is 1. The molecule has 1 aromatic heterocycles. The van der Waals surface area contributed by atoms with Gasteiger partial charge in [-0.15, -0.1) is 11.3 Å². The molecule has 9 heteroatoms. The number of carbonyl (C=O) groups is 2. The van der Waals surface area contributed by atoms with E-state index in [9.17, 15) is 9.59 Å². The van der Waals surface area contributed by atoms with Gasteiger partial charge in [-0.2, -0.15) is 0 Å². The summed E-state index contributed by atoms with van der Waals surface area (Å²) in [6.45, 7) is 13.8. The summed E-state index contributed by atoms with van der Waals surface area (Å²) in [5.74, 6) is -1.10. The van der Waals surface area contributed by atoms with Gasteiger partial charge in [-0.1, -0.05) is 13.8 Å². The van der Waals surface area contributed by atoms with Crippen LogP contribution in [0.3, 0.4) is 0 Å².